The molecule has 1 aromatic carbocycles. The van der Waals surface area contributed by atoms with Gasteiger partial charge in [0.1, 0.15) is 0 Å². The van der Waals surface area contributed by atoms with E-state index in [1.807, 2.05) is 6.92 Å². The van der Waals surface area contributed by atoms with Gasteiger partial charge in [0.2, 0.25) is 10.0 Å². The fourth-order valence-electron chi connectivity index (χ4n) is 2.09. The fourth-order valence-corrected chi connectivity index (χ4v) is 4.26. The molecule has 0 spiro atoms. The number of aliphatic hydroxyl groups is 1. The van der Waals surface area contributed by atoms with Crippen molar-refractivity contribution in [3.63, 3.8) is 0 Å². The van der Waals surface area contributed by atoms with Crippen molar-refractivity contribution in [3.05, 3.63) is 22.7 Å². The zero-order valence-electron chi connectivity index (χ0n) is 10.9. The number of halogens is 1. The van der Waals surface area contributed by atoms with Crippen LogP contribution in [0.1, 0.15) is 18.9 Å². The molecule has 1 heterocycles. The van der Waals surface area contributed by atoms with Gasteiger partial charge in [-0.3, -0.25) is 0 Å². The van der Waals surface area contributed by atoms with Crippen LogP contribution < -0.4 is 5.73 Å². The Morgan fingerprint density at radius 3 is 2.58 bits per heavy atom. The standard InChI is InChI=1S/C12H17ClN2O3S/c1-3-12(16)6-15(7-12)19(17,18)11-5-9(13)4-10(14)8(11)2/h4-5,16H,3,6-7,14H2,1-2H3. The van der Waals surface area contributed by atoms with Crippen molar-refractivity contribution in [2.75, 3.05) is 18.8 Å². The summed E-state index contributed by atoms with van der Waals surface area (Å²) < 4.78 is 26.1. The highest BCUT2D eigenvalue weighted by molar-refractivity contribution is 7.89. The lowest BCUT2D eigenvalue weighted by Gasteiger charge is -2.45. The highest BCUT2D eigenvalue weighted by atomic mass is 35.5. The quantitative estimate of drug-likeness (QED) is 0.826. The van der Waals surface area contributed by atoms with E-state index in [2.05, 4.69) is 0 Å². The van der Waals surface area contributed by atoms with Gasteiger partial charge in [-0.1, -0.05) is 18.5 Å². The van der Waals surface area contributed by atoms with Gasteiger partial charge in [-0.15, -0.1) is 0 Å². The summed E-state index contributed by atoms with van der Waals surface area (Å²) in [6.07, 6.45) is 0.523. The Hall–Kier alpha value is -0.820. The minimum absolute atomic E-state index is 0.107. The topological polar surface area (TPSA) is 83.6 Å². The molecule has 3 N–H and O–H groups in total. The van der Waals surface area contributed by atoms with Gasteiger partial charge in [0, 0.05) is 23.8 Å². The summed E-state index contributed by atoms with van der Waals surface area (Å²) in [5, 5.41) is 10.2. The van der Waals surface area contributed by atoms with Gasteiger partial charge >= 0.3 is 0 Å². The Morgan fingerprint density at radius 2 is 2.05 bits per heavy atom. The summed E-state index contributed by atoms with van der Waals surface area (Å²) in [4.78, 5) is 0.107. The van der Waals surface area contributed by atoms with Crippen LogP contribution in [0.15, 0.2) is 17.0 Å². The molecule has 1 aliphatic heterocycles. The third kappa shape index (κ3) is 2.45. The average Bonchev–Trinajstić information content (AvgIpc) is 2.29. The summed E-state index contributed by atoms with van der Waals surface area (Å²) in [6.45, 7) is 3.69. The monoisotopic (exact) mass is 304 g/mol. The van der Waals surface area contributed by atoms with Crippen LogP contribution in [-0.2, 0) is 10.0 Å². The maximum absolute atomic E-state index is 12.4. The van der Waals surface area contributed by atoms with E-state index < -0.39 is 15.6 Å². The number of sulfonamides is 1. The van der Waals surface area contributed by atoms with Crippen LogP contribution in [0.3, 0.4) is 0 Å². The normalized spacial score (nSPS) is 19.2. The Balaban J connectivity index is 2.37. The van der Waals surface area contributed by atoms with Crippen molar-refractivity contribution in [1.82, 2.24) is 4.31 Å². The molecule has 7 heteroatoms. The molecule has 1 aliphatic rings. The minimum atomic E-state index is -3.65. The number of nitrogens with zero attached hydrogens (tertiary/aromatic N) is 1. The zero-order chi connectivity index (χ0) is 14.4. The number of anilines is 1. The number of nitrogen functional groups attached to an aromatic ring is 1. The maximum Gasteiger partial charge on any atom is 0.243 e. The van der Waals surface area contributed by atoms with E-state index in [4.69, 9.17) is 17.3 Å². The van der Waals surface area contributed by atoms with E-state index in [-0.39, 0.29) is 23.0 Å². The number of β-amino-alcohol motifs (C(OH)–C–C–N with tert-alkyl or cyclic N) is 1. The molecule has 1 saturated heterocycles. The number of nitrogens with two attached hydrogens (primary N) is 1. The van der Waals surface area contributed by atoms with E-state index in [1.165, 1.54) is 16.4 Å². The van der Waals surface area contributed by atoms with Crippen LogP contribution in [0.2, 0.25) is 5.02 Å². The van der Waals surface area contributed by atoms with Gasteiger partial charge in [0.15, 0.2) is 0 Å². The lowest BCUT2D eigenvalue weighted by atomic mass is 9.94. The smallest absolute Gasteiger partial charge is 0.243 e. The second-order valence-electron chi connectivity index (χ2n) is 4.97. The third-order valence-corrected chi connectivity index (χ3v) is 5.72. The molecule has 106 valence electrons. The van der Waals surface area contributed by atoms with Gasteiger partial charge < -0.3 is 10.8 Å². The van der Waals surface area contributed by atoms with Crippen LogP contribution in [0.4, 0.5) is 5.69 Å². The molecule has 0 saturated carbocycles. The van der Waals surface area contributed by atoms with E-state index in [0.29, 0.717) is 17.7 Å². The summed E-state index contributed by atoms with van der Waals surface area (Å²) in [7, 11) is -3.65. The first-order valence-electron chi connectivity index (χ1n) is 5.98. The number of hydrogen-bond donors (Lipinski definition) is 2. The fraction of sp³-hybridized carbons (Fsp3) is 0.500. The molecule has 5 nitrogen and oxygen atoms in total. The maximum atomic E-state index is 12.4. The van der Waals surface area contributed by atoms with Crippen molar-refractivity contribution in [1.29, 1.82) is 0 Å². The van der Waals surface area contributed by atoms with Crippen molar-refractivity contribution >= 4 is 27.3 Å². The largest absolute Gasteiger partial charge is 0.398 e. The van der Waals surface area contributed by atoms with Crippen molar-refractivity contribution in [2.45, 2.75) is 30.8 Å². The van der Waals surface area contributed by atoms with E-state index >= 15 is 0 Å². The molecular weight excluding hydrogens is 288 g/mol. The summed E-state index contributed by atoms with van der Waals surface area (Å²) in [5.41, 5.74) is 5.66. The first kappa shape index (κ1) is 14.6. The molecule has 2 rings (SSSR count). The molecule has 0 radical (unpaired) electrons. The predicted octanol–water partition coefficient (Wildman–Crippen LogP) is 1.38. The first-order valence-corrected chi connectivity index (χ1v) is 7.79. The zero-order valence-corrected chi connectivity index (χ0v) is 12.4. The molecule has 0 atom stereocenters. The molecule has 0 aromatic heterocycles. The molecule has 0 bridgehead atoms. The molecule has 1 fully saturated rings. The van der Waals surface area contributed by atoms with Crippen LogP contribution in [0.25, 0.3) is 0 Å². The van der Waals surface area contributed by atoms with Crippen molar-refractivity contribution in [2.24, 2.45) is 0 Å². The molecule has 0 aliphatic carbocycles. The predicted molar refractivity (Wildman–Crippen MR) is 74.6 cm³/mol. The average molecular weight is 305 g/mol. The van der Waals surface area contributed by atoms with E-state index in [9.17, 15) is 13.5 Å². The van der Waals surface area contributed by atoms with E-state index in [0.717, 1.165) is 0 Å². The van der Waals surface area contributed by atoms with E-state index in [1.54, 1.807) is 6.92 Å². The number of rotatable bonds is 3. The van der Waals surface area contributed by atoms with Crippen LogP contribution in [0, 0.1) is 6.92 Å². The molecule has 0 unspecified atom stereocenters. The molecule has 1 aromatic rings. The molecular formula is C12H17ClN2O3S. The van der Waals surface area contributed by atoms with Gasteiger partial charge in [0.25, 0.3) is 0 Å². The van der Waals surface area contributed by atoms with Gasteiger partial charge in [-0.2, -0.15) is 4.31 Å². The lowest BCUT2D eigenvalue weighted by Crippen LogP contribution is -2.62. The van der Waals surface area contributed by atoms with Crippen molar-refractivity contribution < 1.29 is 13.5 Å². The Kier molecular flexibility index (Phi) is 3.55. The van der Waals surface area contributed by atoms with Crippen LogP contribution >= 0.6 is 11.6 Å². The lowest BCUT2D eigenvalue weighted by molar-refractivity contribution is -0.0613. The van der Waals surface area contributed by atoms with Gasteiger partial charge in [0.05, 0.1) is 10.5 Å². The SMILES string of the molecule is CCC1(O)CN(S(=O)(=O)c2cc(Cl)cc(N)c2C)C1. The number of benzene rings is 1. The highest BCUT2D eigenvalue weighted by Gasteiger charge is 2.46. The minimum Gasteiger partial charge on any atom is -0.398 e. The van der Waals surface area contributed by atoms with Gasteiger partial charge in [-0.05, 0) is 31.0 Å². The van der Waals surface area contributed by atoms with Crippen LogP contribution in [-0.4, -0.2) is 36.5 Å². The van der Waals surface area contributed by atoms with Crippen molar-refractivity contribution in [3.8, 4) is 0 Å². The molecule has 0 amide bonds. The Labute approximate surface area is 118 Å². The summed E-state index contributed by atoms with van der Waals surface area (Å²) in [6, 6.07) is 2.92. The first-order chi connectivity index (χ1) is 8.69. The molecule has 19 heavy (non-hydrogen) atoms. The number of hydrogen-bond acceptors (Lipinski definition) is 4. The Bertz CT molecular complexity index is 610. The Morgan fingerprint density at radius 1 is 1.47 bits per heavy atom. The third-order valence-electron chi connectivity index (χ3n) is 3.58. The highest BCUT2D eigenvalue weighted by Crippen LogP contribution is 2.34. The van der Waals surface area contributed by atoms with Crippen LogP contribution in [0.5, 0.6) is 0 Å². The summed E-state index contributed by atoms with van der Waals surface area (Å²) >= 11 is 5.87. The van der Waals surface area contributed by atoms with Gasteiger partial charge in [-0.25, -0.2) is 8.42 Å². The summed E-state index contributed by atoms with van der Waals surface area (Å²) in [5.74, 6) is 0. The second-order valence-corrected chi connectivity index (χ2v) is 7.31. The second kappa shape index (κ2) is 4.63.